The molecule has 4 heteroatoms. The normalized spacial score (nSPS) is 11.7. The molecule has 0 aromatic heterocycles. The molecule has 0 radical (unpaired) electrons. The molecular formula is C15H22N2O2. The summed E-state index contributed by atoms with van der Waals surface area (Å²) in [6, 6.07) is 7.14. The largest absolute Gasteiger partial charge is 0.350 e. The molecule has 1 atom stereocenters. The molecule has 0 fully saturated rings. The standard InChI is InChI=1S/C15H22N2O2/c1-4-7-14(18)17-13-9-6-8-12(10-13)15(19)16-11(3)5-2/h6,8-11H,4-5,7H2,1-3H3,(H,16,19)(H,17,18)/t11-/m0/s1. The number of rotatable bonds is 6. The van der Waals surface area contributed by atoms with Crippen molar-refractivity contribution < 1.29 is 9.59 Å². The quantitative estimate of drug-likeness (QED) is 0.828. The maximum atomic E-state index is 12.0. The second kappa shape index (κ2) is 7.56. The van der Waals surface area contributed by atoms with Gasteiger partial charge in [0.1, 0.15) is 0 Å². The third-order valence-electron chi connectivity index (χ3n) is 2.88. The second-order valence-corrected chi connectivity index (χ2v) is 4.66. The molecule has 1 rings (SSSR count). The first-order valence-electron chi connectivity index (χ1n) is 6.77. The van der Waals surface area contributed by atoms with Crippen LogP contribution in [0.2, 0.25) is 0 Å². The number of anilines is 1. The van der Waals surface area contributed by atoms with E-state index >= 15 is 0 Å². The molecule has 19 heavy (non-hydrogen) atoms. The van der Waals surface area contributed by atoms with Gasteiger partial charge in [-0.3, -0.25) is 9.59 Å². The Labute approximate surface area is 114 Å². The van der Waals surface area contributed by atoms with Crippen molar-refractivity contribution in [1.82, 2.24) is 5.32 Å². The lowest BCUT2D eigenvalue weighted by Gasteiger charge is -2.12. The van der Waals surface area contributed by atoms with Crippen LogP contribution in [-0.2, 0) is 4.79 Å². The summed E-state index contributed by atoms with van der Waals surface area (Å²) in [7, 11) is 0. The van der Waals surface area contributed by atoms with E-state index in [0.717, 1.165) is 12.8 Å². The molecule has 0 unspecified atom stereocenters. The minimum Gasteiger partial charge on any atom is -0.350 e. The van der Waals surface area contributed by atoms with E-state index in [4.69, 9.17) is 0 Å². The molecule has 0 saturated heterocycles. The van der Waals surface area contributed by atoms with Gasteiger partial charge in [0, 0.05) is 23.7 Å². The van der Waals surface area contributed by atoms with Gasteiger partial charge in [-0.15, -0.1) is 0 Å². The fraction of sp³-hybridized carbons (Fsp3) is 0.467. The van der Waals surface area contributed by atoms with Crippen LogP contribution in [0.1, 0.15) is 50.4 Å². The first-order valence-corrected chi connectivity index (χ1v) is 6.77. The van der Waals surface area contributed by atoms with E-state index in [2.05, 4.69) is 10.6 Å². The Morgan fingerprint density at radius 1 is 1.26 bits per heavy atom. The molecule has 2 amide bonds. The Morgan fingerprint density at radius 2 is 2.00 bits per heavy atom. The zero-order chi connectivity index (χ0) is 14.3. The number of carbonyl (C=O) groups is 2. The highest BCUT2D eigenvalue weighted by molar-refractivity contribution is 5.97. The summed E-state index contributed by atoms with van der Waals surface area (Å²) in [4.78, 5) is 23.5. The molecule has 1 aromatic rings. The Hall–Kier alpha value is -1.84. The van der Waals surface area contributed by atoms with Crippen molar-refractivity contribution in [3.8, 4) is 0 Å². The Balaban J connectivity index is 2.71. The van der Waals surface area contributed by atoms with Crippen molar-refractivity contribution in [1.29, 1.82) is 0 Å². The fourth-order valence-corrected chi connectivity index (χ4v) is 1.60. The lowest BCUT2D eigenvalue weighted by atomic mass is 10.1. The zero-order valence-electron chi connectivity index (χ0n) is 11.8. The minimum atomic E-state index is -0.110. The highest BCUT2D eigenvalue weighted by atomic mass is 16.2. The smallest absolute Gasteiger partial charge is 0.251 e. The van der Waals surface area contributed by atoms with Crippen molar-refractivity contribution in [3.05, 3.63) is 29.8 Å². The Morgan fingerprint density at radius 3 is 2.63 bits per heavy atom. The Kier molecular flexibility index (Phi) is 6.06. The van der Waals surface area contributed by atoms with E-state index in [1.54, 1.807) is 24.3 Å². The van der Waals surface area contributed by atoms with Gasteiger partial charge in [0.25, 0.3) is 5.91 Å². The molecule has 0 aliphatic rings. The zero-order valence-corrected chi connectivity index (χ0v) is 11.8. The SMILES string of the molecule is CCCC(=O)Nc1cccc(C(=O)N[C@@H](C)CC)c1. The topological polar surface area (TPSA) is 58.2 Å². The number of amides is 2. The summed E-state index contributed by atoms with van der Waals surface area (Å²) in [5, 5.41) is 5.69. The summed E-state index contributed by atoms with van der Waals surface area (Å²) in [5.41, 5.74) is 1.23. The van der Waals surface area contributed by atoms with Gasteiger partial charge in [0.2, 0.25) is 5.91 Å². The molecule has 2 N–H and O–H groups in total. The highest BCUT2D eigenvalue weighted by Gasteiger charge is 2.09. The van der Waals surface area contributed by atoms with Gasteiger partial charge in [0.15, 0.2) is 0 Å². The van der Waals surface area contributed by atoms with Crippen LogP contribution in [0.5, 0.6) is 0 Å². The highest BCUT2D eigenvalue weighted by Crippen LogP contribution is 2.11. The van der Waals surface area contributed by atoms with Gasteiger partial charge < -0.3 is 10.6 Å². The second-order valence-electron chi connectivity index (χ2n) is 4.66. The predicted molar refractivity (Wildman–Crippen MR) is 77.2 cm³/mol. The maximum absolute atomic E-state index is 12.0. The van der Waals surface area contributed by atoms with Crippen LogP contribution in [0, 0.1) is 0 Å². The van der Waals surface area contributed by atoms with E-state index < -0.39 is 0 Å². The van der Waals surface area contributed by atoms with Gasteiger partial charge >= 0.3 is 0 Å². The summed E-state index contributed by atoms with van der Waals surface area (Å²) in [6.45, 7) is 5.94. The fourth-order valence-electron chi connectivity index (χ4n) is 1.60. The lowest BCUT2D eigenvalue weighted by molar-refractivity contribution is -0.116. The van der Waals surface area contributed by atoms with Gasteiger partial charge in [0.05, 0.1) is 0 Å². The maximum Gasteiger partial charge on any atom is 0.251 e. The number of hydrogen-bond acceptors (Lipinski definition) is 2. The van der Waals surface area contributed by atoms with Crippen molar-refractivity contribution in [3.63, 3.8) is 0 Å². The van der Waals surface area contributed by atoms with Crippen LogP contribution in [0.4, 0.5) is 5.69 Å². The van der Waals surface area contributed by atoms with Gasteiger partial charge in [-0.25, -0.2) is 0 Å². The summed E-state index contributed by atoms with van der Waals surface area (Å²) < 4.78 is 0. The van der Waals surface area contributed by atoms with Gasteiger partial charge in [-0.05, 0) is 38.0 Å². The molecule has 4 nitrogen and oxygen atoms in total. The lowest BCUT2D eigenvalue weighted by Crippen LogP contribution is -2.31. The summed E-state index contributed by atoms with van der Waals surface area (Å²) in [5.74, 6) is -0.136. The number of carbonyl (C=O) groups excluding carboxylic acids is 2. The molecular weight excluding hydrogens is 240 g/mol. The molecule has 0 aliphatic carbocycles. The van der Waals surface area contributed by atoms with E-state index in [9.17, 15) is 9.59 Å². The van der Waals surface area contributed by atoms with E-state index in [0.29, 0.717) is 17.7 Å². The summed E-state index contributed by atoms with van der Waals surface area (Å²) >= 11 is 0. The van der Waals surface area contributed by atoms with E-state index in [-0.39, 0.29) is 17.9 Å². The van der Waals surface area contributed by atoms with Crippen molar-refractivity contribution >= 4 is 17.5 Å². The van der Waals surface area contributed by atoms with E-state index in [1.165, 1.54) is 0 Å². The molecule has 104 valence electrons. The molecule has 0 spiro atoms. The third kappa shape index (κ3) is 5.12. The molecule has 0 aliphatic heterocycles. The molecule has 0 heterocycles. The average Bonchev–Trinajstić information content (AvgIpc) is 2.39. The Bertz CT molecular complexity index is 444. The number of benzene rings is 1. The third-order valence-corrected chi connectivity index (χ3v) is 2.88. The van der Waals surface area contributed by atoms with Crippen molar-refractivity contribution in [2.45, 2.75) is 46.1 Å². The first-order chi connectivity index (χ1) is 9.06. The number of nitrogens with one attached hydrogen (secondary N) is 2. The van der Waals surface area contributed by atoms with Crippen molar-refractivity contribution in [2.75, 3.05) is 5.32 Å². The minimum absolute atomic E-state index is 0.0259. The molecule has 0 bridgehead atoms. The van der Waals surface area contributed by atoms with Crippen LogP contribution >= 0.6 is 0 Å². The number of hydrogen-bond donors (Lipinski definition) is 2. The van der Waals surface area contributed by atoms with Crippen LogP contribution in [-0.4, -0.2) is 17.9 Å². The first kappa shape index (κ1) is 15.2. The van der Waals surface area contributed by atoms with Crippen LogP contribution in [0.3, 0.4) is 0 Å². The molecule has 1 aromatic carbocycles. The van der Waals surface area contributed by atoms with Gasteiger partial charge in [-0.2, -0.15) is 0 Å². The summed E-state index contributed by atoms with van der Waals surface area (Å²) in [6.07, 6.45) is 2.18. The average molecular weight is 262 g/mol. The van der Waals surface area contributed by atoms with Crippen LogP contribution < -0.4 is 10.6 Å². The predicted octanol–water partition coefficient (Wildman–Crippen LogP) is 2.95. The van der Waals surface area contributed by atoms with E-state index in [1.807, 2.05) is 20.8 Å². The van der Waals surface area contributed by atoms with Crippen LogP contribution in [0.25, 0.3) is 0 Å². The van der Waals surface area contributed by atoms with Gasteiger partial charge in [-0.1, -0.05) is 19.9 Å². The molecule has 0 saturated carbocycles. The van der Waals surface area contributed by atoms with Crippen LogP contribution in [0.15, 0.2) is 24.3 Å². The monoisotopic (exact) mass is 262 g/mol. The van der Waals surface area contributed by atoms with Crippen molar-refractivity contribution in [2.24, 2.45) is 0 Å².